The molecule has 0 bridgehead atoms. The van der Waals surface area contributed by atoms with Crippen molar-refractivity contribution in [3.63, 3.8) is 0 Å². The highest BCUT2D eigenvalue weighted by molar-refractivity contribution is 5.95. The first kappa shape index (κ1) is 11.9. The van der Waals surface area contributed by atoms with E-state index in [1.165, 1.54) is 0 Å². The van der Waals surface area contributed by atoms with Gasteiger partial charge in [0.1, 0.15) is 0 Å². The van der Waals surface area contributed by atoms with Crippen LogP contribution in [0, 0.1) is 0 Å². The van der Waals surface area contributed by atoms with Gasteiger partial charge in [-0.05, 0) is 6.92 Å². The average molecular weight is 192 g/mol. The van der Waals surface area contributed by atoms with E-state index in [4.69, 9.17) is 14.9 Å². The fourth-order valence-corrected chi connectivity index (χ4v) is 0.617. The molecule has 0 spiro atoms. The van der Waals surface area contributed by atoms with Crippen molar-refractivity contribution in [3.8, 4) is 0 Å². The van der Waals surface area contributed by atoms with Gasteiger partial charge in [0, 0.05) is 6.61 Å². The number of carboxylic acids is 2. The molecular weight excluding hydrogens is 180 g/mol. The first-order valence-corrected chi connectivity index (χ1v) is 3.74. The highest BCUT2D eigenvalue weighted by Crippen LogP contribution is 1.92. The molecule has 0 rings (SSSR count). The molecule has 0 saturated heterocycles. The minimum atomic E-state index is -1.81. The van der Waals surface area contributed by atoms with Crippen LogP contribution in [0.3, 0.4) is 0 Å². The molecule has 0 unspecified atom stereocenters. The van der Waals surface area contributed by atoms with Gasteiger partial charge in [-0.1, -0.05) is 0 Å². The Labute approximate surface area is 75.1 Å². The topological polar surface area (TPSA) is 93.1 Å². The van der Waals surface area contributed by atoms with E-state index in [0.717, 1.165) is 0 Å². The van der Waals surface area contributed by atoms with E-state index in [-0.39, 0.29) is 13.2 Å². The highest BCUT2D eigenvalue weighted by atomic mass is 16.6. The summed E-state index contributed by atoms with van der Waals surface area (Å²) in [7, 11) is 0. The number of aliphatic carboxylic acids is 2. The van der Waals surface area contributed by atoms with Crippen molar-refractivity contribution in [2.75, 3.05) is 19.8 Å². The normalized spacial score (nSPS) is 10.3. The molecule has 0 amide bonds. The molecule has 13 heavy (non-hydrogen) atoms. The van der Waals surface area contributed by atoms with Crippen LogP contribution in [0.2, 0.25) is 0 Å². The van der Waals surface area contributed by atoms with Crippen LogP contribution >= 0.6 is 0 Å². The predicted octanol–water partition coefficient (Wildman–Crippen LogP) is -0.423. The molecule has 0 aromatic carbocycles. The third-order valence-electron chi connectivity index (χ3n) is 1.16. The maximum absolute atomic E-state index is 10.3. The third-order valence-corrected chi connectivity index (χ3v) is 1.16. The minimum Gasteiger partial charge on any atom is -0.479 e. The third kappa shape index (κ3) is 5.15. The summed E-state index contributed by atoms with van der Waals surface area (Å²) in [5.41, 5.74) is 0. The Kier molecular flexibility index (Phi) is 5.82. The van der Waals surface area contributed by atoms with E-state index in [2.05, 4.69) is 4.74 Å². The van der Waals surface area contributed by atoms with Gasteiger partial charge >= 0.3 is 11.9 Å². The fourth-order valence-electron chi connectivity index (χ4n) is 0.617. The zero-order chi connectivity index (χ0) is 10.3. The standard InChI is InChI=1S/C7H12O6/c1-2-12-3-4-13-5(6(8)9)7(10)11/h5H,2-4H2,1H3,(H,8,9)(H,10,11). The van der Waals surface area contributed by atoms with Crippen molar-refractivity contribution in [3.05, 3.63) is 0 Å². The molecule has 6 heteroatoms. The summed E-state index contributed by atoms with van der Waals surface area (Å²) in [5, 5.41) is 16.7. The Bertz CT molecular complexity index is 164. The minimum absolute atomic E-state index is 0.0445. The van der Waals surface area contributed by atoms with Gasteiger partial charge < -0.3 is 19.7 Å². The monoisotopic (exact) mass is 192 g/mol. The molecule has 0 aliphatic rings. The number of hydrogen-bond donors (Lipinski definition) is 2. The van der Waals surface area contributed by atoms with Crippen molar-refractivity contribution in [1.82, 2.24) is 0 Å². The van der Waals surface area contributed by atoms with Crippen LogP contribution in [0.25, 0.3) is 0 Å². The Morgan fingerprint density at radius 2 is 1.77 bits per heavy atom. The number of hydrogen-bond acceptors (Lipinski definition) is 4. The van der Waals surface area contributed by atoms with Crippen molar-refractivity contribution >= 4 is 11.9 Å². The maximum atomic E-state index is 10.3. The number of ether oxygens (including phenoxy) is 2. The van der Waals surface area contributed by atoms with Gasteiger partial charge in [0.2, 0.25) is 0 Å². The lowest BCUT2D eigenvalue weighted by Gasteiger charge is -2.08. The maximum Gasteiger partial charge on any atom is 0.344 e. The Morgan fingerprint density at radius 1 is 1.23 bits per heavy atom. The van der Waals surface area contributed by atoms with Crippen molar-refractivity contribution in [2.24, 2.45) is 0 Å². The van der Waals surface area contributed by atoms with E-state index < -0.39 is 18.0 Å². The second-order valence-electron chi connectivity index (χ2n) is 2.12. The molecular formula is C7H12O6. The van der Waals surface area contributed by atoms with Crippen molar-refractivity contribution < 1.29 is 29.3 Å². The molecule has 0 aliphatic carbocycles. The molecule has 0 aromatic rings. The summed E-state index contributed by atoms with van der Waals surface area (Å²) in [4.78, 5) is 20.5. The first-order chi connectivity index (χ1) is 6.09. The molecule has 0 radical (unpaired) electrons. The van der Waals surface area contributed by atoms with Crippen LogP contribution in [0.1, 0.15) is 6.92 Å². The lowest BCUT2D eigenvalue weighted by atomic mass is 10.4. The summed E-state index contributed by atoms with van der Waals surface area (Å²) < 4.78 is 9.38. The Hall–Kier alpha value is -1.14. The van der Waals surface area contributed by atoms with Crippen molar-refractivity contribution in [1.29, 1.82) is 0 Å². The molecule has 0 fully saturated rings. The van der Waals surface area contributed by atoms with Crippen LogP contribution in [-0.4, -0.2) is 48.1 Å². The van der Waals surface area contributed by atoms with Crippen LogP contribution in [0.4, 0.5) is 0 Å². The van der Waals surface area contributed by atoms with Crippen LogP contribution in [0.15, 0.2) is 0 Å². The van der Waals surface area contributed by atoms with E-state index in [1.807, 2.05) is 0 Å². The summed E-state index contributed by atoms with van der Waals surface area (Å²) in [6.07, 6.45) is -1.81. The molecule has 0 atom stereocenters. The van der Waals surface area contributed by atoms with E-state index in [9.17, 15) is 9.59 Å². The average Bonchev–Trinajstić information content (AvgIpc) is 2.02. The van der Waals surface area contributed by atoms with E-state index >= 15 is 0 Å². The molecule has 6 nitrogen and oxygen atoms in total. The molecule has 0 heterocycles. The van der Waals surface area contributed by atoms with Gasteiger partial charge in [-0.2, -0.15) is 0 Å². The van der Waals surface area contributed by atoms with Crippen LogP contribution in [0.5, 0.6) is 0 Å². The second-order valence-corrected chi connectivity index (χ2v) is 2.12. The molecule has 76 valence electrons. The quantitative estimate of drug-likeness (QED) is 0.420. The summed E-state index contributed by atoms with van der Waals surface area (Å²) in [6.45, 7) is 2.39. The number of carboxylic acid groups (broad SMARTS) is 2. The Balaban J connectivity index is 3.71. The van der Waals surface area contributed by atoms with Gasteiger partial charge in [0.05, 0.1) is 13.2 Å². The number of rotatable bonds is 7. The van der Waals surface area contributed by atoms with Gasteiger partial charge in [0.15, 0.2) is 0 Å². The zero-order valence-corrected chi connectivity index (χ0v) is 7.23. The van der Waals surface area contributed by atoms with Gasteiger partial charge in [-0.15, -0.1) is 0 Å². The van der Waals surface area contributed by atoms with E-state index in [0.29, 0.717) is 6.61 Å². The van der Waals surface area contributed by atoms with Crippen LogP contribution < -0.4 is 0 Å². The first-order valence-electron chi connectivity index (χ1n) is 3.74. The lowest BCUT2D eigenvalue weighted by molar-refractivity contribution is -0.166. The van der Waals surface area contributed by atoms with Crippen molar-refractivity contribution in [2.45, 2.75) is 13.0 Å². The smallest absolute Gasteiger partial charge is 0.344 e. The summed E-state index contributed by atoms with van der Waals surface area (Å²) in [5.74, 6) is -3.02. The largest absolute Gasteiger partial charge is 0.479 e. The lowest BCUT2D eigenvalue weighted by Crippen LogP contribution is -2.33. The molecule has 0 aliphatic heterocycles. The van der Waals surface area contributed by atoms with Gasteiger partial charge in [-0.3, -0.25) is 0 Å². The Morgan fingerprint density at radius 3 is 2.15 bits per heavy atom. The molecule has 2 N–H and O–H groups in total. The number of carbonyl (C=O) groups is 2. The molecule has 0 saturated carbocycles. The van der Waals surface area contributed by atoms with Gasteiger partial charge in [-0.25, -0.2) is 9.59 Å². The second kappa shape index (κ2) is 6.38. The van der Waals surface area contributed by atoms with E-state index in [1.54, 1.807) is 6.92 Å². The summed E-state index contributed by atoms with van der Waals surface area (Å²) >= 11 is 0. The summed E-state index contributed by atoms with van der Waals surface area (Å²) in [6, 6.07) is 0. The predicted molar refractivity (Wildman–Crippen MR) is 41.5 cm³/mol. The zero-order valence-electron chi connectivity index (χ0n) is 7.23. The fraction of sp³-hybridized carbons (Fsp3) is 0.714. The van der Waals surface area contributed by atoms with Gasteiger partial charge in [0.25, 0.3) is 6.10 Å². The highest BCUT2D eigenvalue weighted by Gasteiger charge is 2.26. The van der Waals surface area contributed by atoms with Crippen LogP contribution in [-0.2, 0) is 19.1 Å². The SMILES string of the molecule is CCOCCOC(C(=O)O)C(=O)O. The molecule has 0 aromatic heterocycles.